The SMILES string of the molecule is CC=C(C)C(=O)OC1CC2C(O)C3C(=O)CC(CO)OC3C(C3CCCC(O)C3)C2OC1(C)CCC1CCC(N)[NH2+]C1. The Labute approximate surface area is 249 Å². The van der Waals surface area contributed by atoms with Gasteiger partial charge >= 0.3 is 5.97 Å². The second kappa shape index (κ2) is 13.3. The molecule has 5 fully saturated rings. The van der Waals surface area contributed by atoms with Gasteiger partial charge in [0.05, 0.1) is 49.6 Å². The Hall–Kier alpha value is -1.40. The van der Waals surface area contributed by atoms with E-state index in [0.717, 1.165) is 45.1 Å². The van der Waals surface area contributed by atoms with Gasteiger partial charge in [0.1, 0.15) is 23.7 Å². The van der Waals surface area contributed by atoms with Crippen LogP contribution in [0.1, 0.15) is 85.0 Å². The summed E-state index contributed by atoms with van der Waals surface area (Å²) in [6, 6.07) is 0. The Balaban J connectivity index is 1.47. The molecule has 10 nitrogen and oxygen atoms in total. The predicted molar refractivity (Wildman–Crippen MR) is 154 cm³/mol. The molecule has 0 bridgehead atoms. The maximum Gasteiger partial charge on any atom is 0.333 e. The van der Waals surface area contributed by atoms with E-state index in [2.05, 4.69) is 5.32 Å². The minimum Gasteiger partial charge on any atom is -0.456 e. The standard InChI is InChI=1S/C32H52N2O8/c1-4-17(2)31(39)41-24-14-22-28(38)27-23(37)13-21(16-35)40-30(27)26(19-6-5-7-20(36)12-19)29(22)42-32(24,3)11-10-18-8-9-25(33)34-15-18/h4,18-22,24-30,34-36,38H,5-16,33H2,1-3H3/p+1. The van der Waals surface area contributed by atoms with Gasteiger partial charge in [-0.05, 0) is 71.6 Å². The van der Waals surface area contributed by atoms with Gasteiger partial charge in [-0.2, -0.15) is 0 Å². The average molecular weight is 594 g/mol. The van der Waals surface area contributed by atoms with Crippen LogP contribution in [0.5, 0.6) is 0 Å². The molecule has 0 aromatic rings. The van der Waals surface area contributed by atoms with Crippen molar-refractivity contribution in [3.8, 4) is 0 Å². The molecule has 0 aromatic heterocycles. The van der Waals surface area contributed by atoms with Gasteiger partial charge in [-0.25, -0.2) is 4.79 Å². The number of hydrogen-bond acceptors (Lipinski definition) is 9. The zero-order chi connectivity index (χ0) is 30.2. The number of rotatable bonds is 7. The number of Topliss-reactive ketones (excluding diaryl/α,β-unsaturated/α-hetero) is 1. The number of nitrogens with two attached hydrogens (primary N) is 2. The Kier molecular flexibility index (Phi) is 10.1. The summed E-state index contributed by atoms with van der Waals surface area (Å²) in [4.78, 5) is 26.5. The van der Waals surface area contributed by atoms with Gasteiger partial charge in [-0.3, -0.25) is 10.5 Å². The summed E-state index contributed by atoms with van der Waals surface area (Å²) in [5.41, 5.74) is 5.82. The molecule has 238 valence electrons. The lowest BCUT2D eigenvalue weighted by Crippen LogP contribution is -2.95. The highest BCUT2D eigenvalue weighted by Gasteiger charge is 2.62. The number of quaternary nitrogens is 1. The highest BCUT2D eigenvalue weighted by atomic mass is 16.6. The predicted octanol–water partition coefficient (Wildman–Crippen LogP) is 0.944. The molecule has 0 radical (unpaired) electrons. The van der Waals surface area contributed by atoms with Crippen LogP contribution in [0.2, 0.25) is 0 Å². The van der Waals surface area contributed by atoms with E-state index in [1.54, 1.807) is 19.9 Å². The van der Waals surface area contributed by atoms with Crippen LogP contribution in [0.3, 0.4) is 0 Å². The summed E-state index contributed by atoms with van der Waals surface area (Å²) in [5.74, 6) is -1.36. The van der Waals surface area contributed by atoms with Gasteiger partial charge in [-0.1, -0.05) is 12.5 Å². The van der Waals surface area contributed by atoms with Crippen LogP contribution in [0.15, 0.2) is 11.6 Å². The van der Waals surface area contributed by atoms with Crippen LogP contribution in [0.4, 0.5) is 0 Å². The number of carbonyl (C=O) groups excluding carboxylic acids is 2. The molecule has 0 amide bonds. The third kappa shape index (κ3) is 6.50. The summed E-state index contributed by atoms with van der Waals surface area (Å²) >= 11 is 0. The third-order valence-corrected chi connectivity index (χ3v) is 11.2. The van der Waals surface area contributed by atoms with E-state index in [1.807, 2.05) is 6.92 Å². The monoisotopic (exact) mass is 593 g/mol. The summed E-state index contributed by atoms with van der Waals surface area (Å²) in [5, 5.41) is 34.6. The fourth-order valence-electron chi connectivity index (χ4n) is 8.58. The van der Waals surface area contributed by atoms with E-state index in [1.165, 1.54) is 0 Å². The van der Waals surface area contributed by atoms with Crippen molar-refractivity contribution in [3.63, 3.8) is 0 Å². The molecule has 3 heterocycles. The number of hydrogen-bond donors (Lipinski definition) is 5. The second-order valence-electron chi connectivity index (χ2n) is 14.0. The first kappa shape index (κ1) is 32.0. The highest BCUT2D eigenvalue weighted by Crippen LogP contribution is 2.53. The van der Waals surface area contributed by atoms with Crippen LogP contribution in [-0.2, 0) is 23.8 Å². The molecular formula is C32H53N2O8+. The van der Waals surface area contributed by atoms with E-state index in [0.29, 0.717) is 30.8 Å². The van der Waals surface area contributed by atoms with E-state index in [-0.39, 0.29) is 36.8 Å². The van der Waals surface area contributed by atoms with Gasteiger partial charge in [0.25, 0.3) is 0 Å². The minimum atomic E-state index is -1.01. The smallest absolute Gasteiger partial charge is 0.333 e. The molecule has 13 unspecified atom stereocenters. The summed E-state index contributed by atoms with van der Waals surface area (Å²) in [6.45, 7) is 6.25. The van der Waals surface area contributed by atoms with E-state index in [9.17, 15) is 24.9 Å². The first-order valence-corrected chi connectivity index (χ1v) is 16.3. The number of ether oxygens (including phenoxy) is 3. The summed E-state index contributed by atoms with van der Waals surface area (Å²) in [7, 11) is 0. The van der Waals surface area contributed by atoms with Crippen LogP contribution in [0.25, 0.3) is 0 Å². The van der Waals surface area contributed by atoms with Crippen molar-refractivity contribution in [2.75, 3.05) is 13.2 Å². The third-order valence-electron chi connectivity index (χ3n) is 11.2. The van der Waals surface area contributed by atoms with Gasteiger partial charge in [0.15, 0.2) is 0 Å². The highest BCUT2D eigenvalue weighted by molar-refractivity contribution is 5.87. The molecule has 5 rings (SSSR count). The molecule has 7 N–H and O–H groups in total. The first-order chi connectivity index (χ1) is 20.0. The Morgan fingerprint density at radius 1 is 1.19 bits per heavy atom. The van der Waals surface area contributed by atoms with Crippen molar-refractivity contribution in [2.45, 2.75) is 133 Å². The van der Waals surface area contributed by atoms with E-state index in [4.69, 9.17) is 19.9 Å². The number of aliphatic hydroxyl groups excluding tert-OH is 3. The maximum atomic E-state index is 13.4. The number of esters is 1. The average Bonchev–Trinajstić information content (AvgIpc) is 2.97. The van der Waals surface area contributed by atoms with Crippen LogP contribution < -0.4 is 11.1 Å². The number of piperidine rings is 1. The molecule has 3 aliphatic heterocycles. The molecule has 3 saturated heterocycles. The van der Waals surface area contributed by atoms with Gasteiger partial charge in [0.2, 0.25) is 0 Å². The number of allylic oxidation sites excluding steroid dienone is 1. The molecule has 2 saturated carbocycles. The molecule has 2 aliphatic carbocycles. The maximum absolute atomic E-state index is 13.4. The van der Waals surface area contributed by atoms with Crippen molar-refractivity contribution in [1.82, 2.24) is 0 Å². The van der Waals surface area contributed by atoms with Crippen molar-refractivity contribution in [2.24, 2.45) is 35.3 Å². The number of fused-ring (bicyclic) bond motifs is 2. The molecule has 42 heavy (non-hydrogen) atoms. The fourth-order valence-corrected chi connectivity index (χ4v) is 8.58. The minimum absolute atomic E-state index is 0.0505. The lowest BCUT2D eigenvalue weighted by Gasteiger charge is -2.59. The topological polar surface area (TPSA) is 165 Å². The molecule has 0 aromatic carbocycles. The Morgan fingerprint density at radius 2 is 1.98 bits per heavy atom. The van der Waals surface area contributed by atoms with Gasteiger partial charge < -0.3 is 34.8 Å². The largest absolute Gasteiger partial charge is 0.456 e. The van der Waals surface area contributed by atoms with Gasteiger partial charge in [-0.15, -0.1) is 0 Å². The zero-order valence-corrected chi connectivity index (χ0v) is 25.5. The van der Waals surface area contributed by atoms with Crippen molar-refractivity contribution >= 4 is 11.8 Å². The van der Waals surface area contributed by atoms with Crippen LogP contribution in [0, 0.1) is 29.6 Å². The fraction of sp³-hybridized carbons (Fsp3) is 0.875. The Bertz CT molecular complexity index is 999. The molecule has 5 aliphatic rings. The van der Waals surface area contributed by atoms with Crippen molar-refractivity contribution in [3.05, 3.63) is 11.6 Å². The number of ketones is 1. The quantitative estimate of drug-likeness (QED) is 0.213. The number of carbonyl (C=O) groups is 2. The summed E-state index contributed by atoms with van der Waals surface area (Å²) in [6.07, 6.45) is 5.32. The van der Waals surface area contributed by atoms with Crippen LogP contribution >= 0.6 is 0 Å². The number of aliphatic hydroxyl groups is 3. The zero-order valence-electron chi connectivity index (χ0n) is 25.5. The first-order valence-electron chi connectivity index (χ1n) is 16.3. The molecule has 10 heteroatoms. The van der Waals surface area contributed by atoms with Crippen molar-refractivity contribution in [1.29, 1.82) is 0 Å². The van der Waals surface area contributed by atoms with Gasteiger partial charge in [0, 0.05) is 36.2 Å². The van der Waals surface area contributed by atoms with Crippen molar-refractivity contribution < 1.29 is 44.4 Å². The molecular weight excluding hydrogens is 540 g/mol. The lowest BCUT2D eigenvalue weighted by molar-refractivity contribution is -0.703. The molecule has 0 spiro atoms. The summed E-state index contributed by atoms with van der Waals surface area (Å²) < 4.78 is 19.7. The lowest BCUT2D eigenvalue weighted by atomic mass is 9.58. The molecule has 13 atom stereocenters. The Morgan fingerprint density at radius 3 is 2.64 bits per heavy atom. The van der Waals surface area contributed by atoms with Crippen LogP contribution in [-0.4, -0.2) is 88.6 Å². The second-order valence-corrected chi connectivity index (χ2v) is 14.0. The van der Waals surface area contributed by atoms with E-state index < -0.39 is 60.0 Å². The van der Waals surface area contributed by atoms with E-state index >= 15 is 0 Å². The normalized spacial score (nSPS) is 46.5.